The first-order valence-corrected chi connectivity index (χ1v) is 6.88. The van der Waals surface area contributed by atoms with Gasteiger partial charge in [-0.3, -0.25) is 4.79 Å². The van der Waals surface area contributed by atoms with E-state index < -0.39 is 37.5 Å². The summed E-state index contributed by atoms with van der Waals surface area (Å²) in [7, 11) is 0. The van der Waals surface area contributed by atoms with Gasteiger partial charge in [-0.2, -0.15) is 0 Å². The largest absolute Gasteiger partial charge is 0.481 e. The molecule has 0 aliphatic rings. The number of carboxylic acids is 1. The average molecular weight is 296 g/mol. The Morgan fingerprint density at radius 2 is 1.35 bits per heavy atom. The molecule has 0 heterocycles. The highest BCUT2D eigenvalue weighted by Crippen LogP contribution is 2.04. The molecule has 1 unspecified atom stereocenters. The Morgan fingerprint density at radius 1 is 0.900 bits per heavy atom. The van der Waals surface area contributed by atoms with Crippen LogP contribution in [0.2, 0.25) is 0 Å². The number of aliphatic carboxylic acids is 1. The van der Waals surface area contributed by atoms with Crippen molar-refractivity contribution in [2.45, 2.75) is 63.8 Å². The molecular formula is C13H28O7. The fourth-order valence-corrected chi connectivity index (χ4v) is 1.35. The summed E-state index contributed by atoms with van der Waals surface area (Å²) in [4.78, 5) is 10.0. The summed E-state index contributed by atoms with van der Waals surface area (Å²) in [5.41, 5.74) is 0. The lowest BCUT2D eigenvalue weighted by atomic mass is 10.1. The topological polar surface area (TPSA) is 138 Å². The normalized spacial score (nSPS) is 14.9. The minimum Gasteiger partial charge on any atom is -0.481 e. The Labute approximate surface area is 119 Å². The standard InChI is InChI=1S/C8H16O2.C5H12O5/c1-2-3-4-5-6-7-8(9)10;6-1-3(8)5(10)4(9)2-7/h2-7H2,1H3,(H,9,10);3-10H,1-2H2/t;3-,4+,5?. The maximum Gasteiger partial charge on any atom is 0.303 e. The molecule has 122 valence electrons. The zero-order valence-electron chi connectivity index (χ0n) is 12.0. The van der Waals surface area contributed by atoms with Crippen LogP contribution in [0.4, 0.5) is 0 Å². The summed E-state index contributed by atoms with van der Waals surface area (Å²) in [6, 6.07) is 0. The molecule has 7 heteroatoms. The van der Waals surface area contributed by atoms with Crippen LogP contribution in [0.15, 0.2) is 0 Å². The van der Waals surface area contributed by atoms with Crippen molar-refractivity contribution >= 4 is 5.97 Å². The molecule has 0 aliphatic heterocycles. The summed E-state index contributed by atoms with van der Waals surface area (Å²) in [6.07, 6.45) is 1.59. The Morgan fingerprint density at radius 3 is 1.70 bits per heavy atom. The zero-order valence-corrected chi connectivity index (χ0v) is 12.0. The lowest BCUT2D eigenvalue weighted by Gasteiger charge is -2.19. The van der Waals surface area contributed by atoms with Gasteiger partial charge < -0.3 is 30.6 Å². The molecular weight excluding hydrogens is 268 g/mol. The Bertz CT molecular complexity index is 213. The average Bonchev–Trinajstić information content (AvgIpc) is 2.44. The first-order valence-electron chi connectivity index (χ1n) is 6.88. The van der Waals surface area contributed by atoms with Crippen LogP contribution in [0, 0.1) is 0 Å². The van der Waals surface area contributed by atoms with Crippen molar-refractivity contribution in [1.29, 1.82) is 0 Å². The quantitative estimate of drug-likeness (QED) is 0.298. The predicted octanol–water partition coefficient (Wildman–Crippen LogP) is -0.515. The van der Waals surface area contributed by atoms with Gasteiger partial charge in [-0.15, -0.1) is 0 Å². The van der Waals surface area contributed by atoms with E-state index in [9.17, 15) is 4.79 Å². The molecule has 20 heavy (non-hydrogen) atoms. The molecule has 0 spiro atoms. The number of hydrogen-bond acceptors (Lipinski definition) is 6. The maximum absolute atomic E-state index is 10.0. The number of rotatable bonds is 10. The number of carboxylic acid groups (broad SMARTS) is 1. The second-order valence-electron chi connectivity index (χ2n) is 4.55. The molecule has 0 saturated heterocycles. The van der Waals surface area contributed by atoms with Gasteiger partial charge in [-0.25, -0.2) is 0 Å². The minimum absolute atomic E-state index is 0.337. The van der Waals surface area contributed by atoms with Crippen LogP contribution in [-0.4, -0.2) is 68.1 Å². The fraction of sp³-hybridized carbons (Fsp3) is 0.923. The molecule has 0 aromatic rings. The van der Waals surface area contributed by atoms with E-state index in [-0.39, 0.29) is 0 Å². The Kier molecular flexibility index (Phi) is 15.8. The van der Waals surface area contributed by atoms with Gasteiger partial charge in [0.2, 0.25) is 0 Å². The first kappa shape index (κ1) is 21.6. The summed E-state index contributed by atoms with van der Waals surface area (Å²) in [5.74, 6) is -0.670. The second-order valence-corrected chi connectivity index (χ2v) is 4.55. The predicted molar refractivity (Wildman–Crippen MR) is 73.2 cm³/mol. The molecule has 0 aliphatic carbocycles. The highest BCUT2D eigenvalue weighted by atomic mass is 16.4. The molecule has 0 aromatic heterocycles. The monoisotopic (exact) mass is 296 g/mol. The van der Waals surface area contributed by atoms with E-state index in [0.29, 0.717) is 6.42 Å². The van der Waals surface area contributed by atoms with Gasteiger partial charge in [-0.05, 0) is 6.42 Å². The smallest absolute Gasteiger partial charge is 0.303 e. The molecule has 0 fully saturated rings. The summed E-state index contributed by atoms with van der Waals surface area (Å²) >= 11 is 0. The number of aliphatic hydroxyl groups is 5. The molecule has 0 rings (SSSR count). The van der Waals surface area contributed by atoms with Crippen LogP contribution in [0.1, 0.15) is 45.4 Å². The molecule has 0 amide bonds. The third-order valence-corrected chi connectivity index (χ3v) is 2.66. The van der Waals surface area contributed by atoms with Crippen LogP contribution < -0.4 is 0 Å². The van der Waals surface area contributed by atoms with E-state index in [2.05, 4.69) is 6.92 Å². The third kappa shape index (κ3) is 13.7. The van der Waals surface area contributed by atoms with Gasteiger partial charge in [-0.1, -0.05) is 32.6 Å². The van der Waals surface area contributed by atoms with Crippen molar-refractivity contribution in [1.82, 2.24) is 0 Å². The van der Waals surface area contributed by atoms with E-state index in [0.717, 1.165) is 12.8 Å². The number of hydrogen-bond donors (Lipinski definition) is 6. The zero-order chi connectivity index (χ0) is 16.0. The Hall–Kier alpha value is -0.730. The molecule has 0 bridgehead atoms. The van der Waals surface area contributed by atoms with Gasteiger partial charge in [0.1, 0.15) is 18.3 Å². The van der Waals surface area contributed by atoms with Crippen molar-refractivity contribution in [2.75, 3.05) is 13.2 Å². The second kappa shape index (κ2) is 14.7. The van der Waals surface area contributed by atoms with Crippen molar-refractivity contribution in [3.8, 4) is 0 Å². The van der Waals surface area contributed by atoms with E-state index in [4.69, 9.17) is 30.6 Å². The summed E-state index contributed by atoms with van der Waals surface area (Å²) in [6.45, 7) is 0.869. The maximum atomic E-state index is 10.0. The molecule has 0 radical (unpaired) electrons. The molecule has 0 saturated carbocycles. The first-order chi connectivity index (χ1) is 9.40. The highest BCUT2D eigenvalue weighted by molar-refractivity contribution is 5.66. The Balaban J connectivity index is 0. The summed E-state index contributed by atoms with van der Waals surface area (Å²) < 4.78 is 0. The minimum atomic E-state index is -1.49. The molecule has 3 atom stereocenters. The van der Waals surface area contributed by atoms with Gasteiger partial charge in [0.25, 0.3) is 0 Å². The highest BCUT2D eigenvalue weighted by Gasteiger charge is 2.22. The van der Waals surface area contributed by atoms with Gasteiger partial charge >= 0.3 is 5.97 Å². The van der Waals surface area contributed by atoms with Crippen LogP contribution in [0.3, 0.4) is 0 Å². The fourth-order valence-electron chi connectivity index (χ4n) is 1.35. The van der Waals surface area contributed by atoms with Crippen LogP contribution in [0.5, 0.6) is 0 Å². The third-order valence-electron chi connectivity index (χ3n) is 2.66. The summed E-state index contributed by atoms with van der Waals surface area (Å²) in [5, 5.41) is 50.8. The number of carbonyl (C=O) groups is 1. The van der Waals surface area contributed by atoms with Crippen molar-refractivity contribution < 1.29 is 35.4 Å². The SMILES string of the molecule is CCCCCCCC(=O)O.OC[C@@H](O)C(O)[C@@H](O)CO. The van der Waals surface area contributed by atoms with Crippen molar-refractivity contribution in [3.05, 3.63) is 0 Å². The number of aliphatic hydroxyl groups excluding tert-OH is 5. The van der Waals surface area contributed by atoms with E-state index in [1.807, 2.05) is 0 Å². The molecule has 7 nitrogen and oxygen atoms in total. The van der Waals surface area contributed by atoms with E-state index in [1.165, 1.54) is 19.3 Å². The molecule has 6 N–H and O–H groups in total. The van der Waals surface area contributed by atoms with E-state index in [1.54, 1.807) is 0 Å². The molecule has 0 aromatic carbocycles. The van der Waals surface area contributed by atoms with E-state index >= 15 is 0 Å². The number of unbranched alkanes of at least 4 members (excludes halogenated alkanes) is 4. The van der Waals surface area contributed by atoms with Crippen molar-refractivity contribution in [3.63, 3.8) is 0 Å². The van der Waals surface area contributed by atoms with Crippen LogP contribution in [-0.2, 0) is 4.79 Å². The van der Waals surface area contributed by atoms with Gasteiger partial charge in [0.15, 0.2) is 0 Å². The van der Waals surface area contributed by atoms with Gasteiger partial charge in [0.05, 0.1) is 13.2 Å². The van der Waals surface area contributed by atoms with Crippen molar-refractivity contribution in [2.24, 2.45) is 0 Å². The lowest BCUT2D eigenvalue weighted by Crippen LogP contribution is -2.41. The van der Waals surface area contributed by atoms with Crippen LogP contribution >= 0.6 is 0 Å². The van der Waals surface area contributed by atoms with Gasteiger partial charge in [0, 0.05) is 6.42 Å². The lowest BCUT2D eigenvalue weighted by molar-refractivity contribution is -0.137. The van der Waals surface area contributed by atoms with Crippen LogP contribution in [0.25, 0.3) is 0 Å².